The molecule has 1 N–H and O–H groups in total. The molecule has 0 fully saturated rings. The average molecular weight is 276 g/mol. The summed E-state index contributed by atoms with van der Waals surface area (Å²) >= 11 is 0. The van der Waals surface area contributed by atoms with Crippen LogP contribution in [-0.4, -0.2) is 4.98 Å². The Morgan fingerprint density at radius 3 is 2.52 bits per heavy atom. The van der Waals surface area contributed by atoms with E-state index in [2.05, 4.69) is 78.7 Å². The lowest BCUT2D eigenvalue weighted by Crippen LogP contribution is -2.18. The Morgan fingerprint density at radius 1 is 1.00 bits per heavy atom. The summed E-state index contributed by atoms with van der Waals surface area (Å²) in [6.45, 7) is 5.10. The van der Waals surface area contributed by atoms with Crippen LogP contribution in [-0.2, 0) is 6.54 Å². The van der Waals surface area contributed by atoms with E-state index in [1.807, 2.05) is 6.07 Å². The Hall–Kier alpha value is -2.19. The fraction of sp³-hybridized carbons (Fsp3) is 0.211. The third kappa shape index (κ3) is 3.11. The van der Waals surface area contributed by atoms with Gasteiger partial charge in [0.2, 0.25) is 0 Å². The zero-order valence-corrected chi connectivity index (χ0v) is 12.5. The van der Waals surface area contributed by atoms with E-state index in [-0.39, 0.29) is 0 Å². The average Bonchev–Trinajstić information content (AvgIpc) is 2.53. The van der Waals surface area contributed by atoms with E-state index in [4.69, 9.17) is 0 Å². The Labute approximate surface area is 125 Å². The van der Waals surface area contributed by atoms with E-state index in [1.165, 1.54) is 16.5 Å². The monoisotopic (exact) mass is 276 g/mol. The third-order valence-corrected chi connectivity index (χ3v) is 3.83. The summed E-state index contributed by atoms with van der Waals surface area (Å²) in [5.41, 5.74) is 4.76. The largest absolute Gasteiger partial charge is 0.306 e. The van der Waals surface area contributed by atoms with Gasteiger partial charge in [-0.1, -0.05) is 48.5 Å². The lowest BCUT2D eigenvalue weighted by Gasteiger charge is -2.15. The van der Waals surface area contributed by atoms with Gasteiger partial charge in [-0.2, -0.15) is 0 Å². The highest BCUT2D eigenvalue weighted by Gasteiger charge is 2.07. The molecule has 1 aromatic heterocycles. The molecule has 21 heavy (non-hydrogen) atoms. The quantitative estimate of drug-likeness (QED) is 0.764. The lowest BCUT2D eigenvalue weighted by molar-refractivity contribution is 0.576. The zero-order valence-electron chi connectivity index (χ0n) is 12.5. The number of hydrogen-bond acceptors (Lipinski definition) is 2. The van der Waals surface area contributed by atoms with Crippen LogP contribution in [0.1, 0.15) is 29.8 Å². The summed E-state index contributed by atoms with van der Waals surface area (Å²) in [6, 6.07) is 21.4. The van der Waals surface area contributed by atoms with E-state index in [9.17, 15) is 0 Å². The maximum atomic E-state index is 4.59. The van der Waals surface area contributed by atoms with Crippen molar-refractivity contribution in [2.75, 3.05) is 0 Å². The molecule has 3 rings (SSSR count). The second-order valence-electron chi connectivity index (χ2n) is 5.45. The predicted molar refractivity (Wildman–Crippen MR) is 88.2 cm³/mol. The molecular formula is C19H20N2. The van der Waals surface area contributed by atoms with Crippen molar-refractivity contribution < 1.29 is 0 Å². The summed E-state index contributed by atoms with van der Waals surface area (Å²) in [6.07, 6.45) is 0. The van der Waals surface area contributed by atoms with Crippen molar-refractivity contribution in [2.45, 2.75) is 26.4 Å². The van der Waals surface area contributed by atoms with Gasteiger partial charge in [0.05, 0.1) is 5.52 Å². The molecule has 0 bridgehead atoms. The van der Waals surface area contributed by atoms with Gasteiger partial charge >= 0.3 is 0 Å². The molecule has 0 aliphatic rings. The first kappa shape index (κ1) is 13.8. The van der Waals surface area contributed by atoms with E-state index < -0.39 is 0 Å². The van der Waals surface area contributed by atoms with Crippen LogP contribution in [0.2, 0.25) is 0 Å². The molecule has 0 radical (unpaired) electrons. The highest BCUT2D eigenvalue weighted by molar-refractivity contribution is 5.82. The molecule has 2 aromatic carbocycles. The highest BCUT2D eigenvalue weighted by Crippen LogP contribution is 2.19. The Bertz CT molecular complexity index is 735. The van der Waals surface area contributed by atoms with Crippen molar-refractivity contribution in [3.8, 4) is 0 Å². The minimum atomic E-state index is 0.332. The van der Waals surface area contributed by atoms with Crippen LogP contribution in [0.15, 0.2) is 60.7 Å². The maximum absolute atomic E-state index is 4.59. The van der Waals surface area contributed by atoms with Crippen molar-refractivity contribution in [3.05, 3.63) is 77.5 Å². The van der Waals surface area contributed by atoms with Gasteiger partial charge in [-0.05, 0) is 37.1 Å². The first-order chi connectivity index (χ1) is 10.2. The molecule has 2 nitrogen and oxygen atoms in total. The number of nitrogens with zero attached hydrogens (tertiary/aromatic N) is 1. The number of aryl methyl sites for hydroxylation is 1. The molecule has 0 saturated carbocycles. The van der Waals surface area contributed by atoms with Gasteiger partial charge in [-0.15, -0.1) is 0 Å². The van der Waals surface area contributed by atoms with Gasteiger partial charge in [0, 0.05) is 23.7 Å². The van der Waals surface area contributed by atoms with Gasteiger partial charge in [0.1, 0.15) is 0 Å². The van der Waals surface area contributed by atoms with Gasteiger partial charge in [0.15, 0.2) is 0 Å². The molecule has 1 heterocycles. The molecule has 0 saturated heterocycles. The molecule has 0 spiro atoms. The van der Waals surface area contributed by atoms with Crippen molar-refractivity contribution in [3.63, 3.8) is 0 Å². The zero-order chi connectivity index (χ0) is 14.7. The van der Waals surface area contributed by atoms with Crippen LogP contribution >= 0.6 is 0 Å². The first-order valence-electron chi connectivity index (χ1n) is 7.37. The summed E-state index contributed by atoms with van der Waals surface area (Å²) < 4.78 is 0. The van der Waals surface area contributed by atoms with E-state index >= 15 is 0 Å². The van der Waals surface area contributed by atoms with E-state index in [0.29, 0.717) is 6.04 Å². The number of benzene rings is 2. The van der Waals surface area contributed by atoms with Crippen LogP contribution in [0.4, 0.5) is 0 Å². The number of hydrogen-bond donors (Lipinski definition) is 1. The number of pyridine rings is 1. The summed E-state index contributed by atoms with van der Waals surface area (Å²) in [4.78, 5) is 4.59. The molecule has 0 amide bonds. The number of aromatic nitrogens is 1. The molecule has 0 aliphatic carbocycles. The number of fused-ring (bicyclic) bond motifs is 1. The second-order valence-corrected chi connectivity index (χ2v) is 5.45. The van der Waals surface area contributed by atoms with Crippen LogP contribution in [0.3, 0.4) is 0 Å². The molecule has 3 aromatic rings. The smallest absolute Gasteiger partial charge is 0.0708 e. The van der Waals surface area contributed by atoms with Crippen molar-refractivity contribution >= 4 is 10.9 Å². The topological polar surface area (TPSA) is 24.9 Å². The summed E-state index contributed by atoms with van der Waals surface area (Å²) in [7, 11) is 0. The molecule has 0 aliphatic heterocycles. The summed E-state index contributed by atoms with van der Waals surface area (Å²) in [5, 5.41) is 4.84. The Balaban J connectivity index is 1.82. The molecular weight excluding hydrogens is 256 g/mol. The molecule has 106 valence electrons. The summed E-state index contributed by atoms with van der Waals surface area (Å²) in [5.74, 6) is 0. The van der Waals surface area contributed by atoms with Crippen LogP contribution in [0, 0.1) is 6.92 Å². The molecule has 1 unspecified atom stereocenters. The van der Waals surface area contributed by atoms with E-state index in [1.54, 1.807) is 0 Å². The molecule has 2 heteroatoms. The van der Waals surface area contributed by atoms with Gasteiger partial charge < -0.3 is 5.32 Å². The molecule has 1 atom stereocenters. The SMILES string of the molecule is Cc1cc(CNC(C)c2ccccc2)c2ccccc2n1. The van der Waals surface area contributed by atoms with Crippen molar-refractivity contribution in [1.82, 2.24) is 10.3 Å². The Kier molecular flexibility index (Phi) is 3.98. The van der Waals surface area contributed by atoms with Crippen LogP contribution < -0.4 is 5.32 Å². The maximum Gasteiger partial charge on any atom is 0.0708 e. The van der Waals surface area contributed by atoms with Crippen molar-refractivity contribution in [2.24, 2.45) is 0 Å². The fourth-order valence-corrected chi connectivity index (χ4v) is 2.66. The highest BCUT2D eigenvalue weighted by atomic mass is 14.9. The predicted octanol–water partition coefficient (Wildman–Crippen LogP) is 4.39. The van der Waals surface area contributed by atoms with E-state index in [0.717, 1.165) is 17.8 Å². The van der Waals surface area contributed by atoms with Crippen LogP contribution in [0.5, 0.6) is 0 Å². The Morgan fingerprint density at radius 2 is 1.71 bits per heavy atom. The van der Waals surface area contributed by atoms with Gasteiger partial charge in [0.25, 0.3) is 0 Å². The number of para-hydroxylation sites is 1. The first-order valence-corrected chi connectivity index (χ1v) is 7.37. The third-order valence-electron chi connectivity index (χ3n) is 3.83. The van der Waals surface area contributed by atoms with Gasteiger partial charge in [-0.25, -0.2) is 0 Å². The second kappa shape index (κ2) is 6.06. The number of nitrogens with one attached hydrogen (secondary N) is 1. The van der Waals surface area contributed by atoms with Gasteiger partial charge in [-0.3, -0.25) is 4.98 Å². The minimum absolute atomic E-state index is 0.332. The minimum Gasteiger partial charge on any atom is -0.306 e. The fourth-order valence-electron chi connectivity index (χ4n) is 2.66. The number of rotatable bonds is 4. The standard InChI is InChI=1S/C19H20N2/c1-14-12-17(18-10-6-7-11-19(18)21-14)13-20-15(2)16-8-4-3-5-9-16/h3-12,15,20H,13H2,1-2H3. The normalized spacial score (nSPS) is 12.5. The lowest BCUT2D eigenvalue weighted by atomic mass is 10.1. The van der Waals surface area contributed by atoms with Crippen molar-refractivity contribution in [1.29, 1.82) is 0 Å². The van der Waals surface area contributed by atoms with Crippen LogP contribution in [0.25, 0.3) is 10.9 Å².